The van der Waals surface area contributed by atoms with E-state index < -0.39 is 5.60 Å². The first-order valence-corrected chi connectivity index (χ1v) is 7.01. The molecule has 1 heterocycles. The Morgan fingerprint density at radius 1 is 1.25 bits per heavy atom. The van der Waals surface area contributed by atoms with Crippen LogP contribution in [0.1, 0.15) is 20.8 Å². The number of piperazine rings is 1. The normalized spacial score (nSPS) is 18.6. The molecule has 0 saturated carbocycles. The van der Waals surface area contributed by atoms with Gasteiger partial charge in [0.25, 0.3) is 0 Å². The zero-order valence-corrected chi connectivity index (χ0v) is 11.5. The van der Waals surface area contributed by atoms with Gasteiger partial charge >= 0.3 is 6.09 Å². The van der Waals surface area contributed by atoms with Crippen molar-refractivity contribution in [2.75, 3.05) is 38.3 Å². The standard InChI is InChI=1S/C11H22N2O2S/c1-11(2,3)15-10(14)13-7-5-12(6-8-13)9-16-4/h5-9H2,1-4H3. The van der Waals surface area contributed by atoms with Crippen molar-refractivity contribution in [3.8, 4) is 0 Å². The smallest absolute Gasteiger partial charge is 0.410 e. The van der Waals surface area contributed by atoms with Crippen LogP contribution in [0.15, 0.2) is 0 Å². The number of hydrogen-bond donors (Lipinski definition) is 0. The third kappa shape index (κ3) is 4.61. The van der Waals surface area contributed by atoms with Crippen molar-refractivity contribution >= 4 is 17.9 Å². The lowest BCUT2D eigenvalue weighted by atomic mass is 10.2. The largest absolute Gasteiger partial charge is 0.444 e. The second kappa shape index (κ2) is 5.77. The molecule has 1 saturated heterocycles. The fourth-order valence-corrected chi connectivity index (χ4v) is 2.19. The van der Waals surface area contributed by atoms with E-state index >= 15 is 0 Å². The Morgan fingerprint density at radius 2 is 1.81 bits per heavy atom. The van der Waals surface area contributed by atoms with E-state index in [0.717, 1.165) is 32.1 Å². The van der Waals surface area contributed by atoms with E-state index in [1.54, 1.807) is 4.90 Å². The van der Waals surface area contributed by atoms with Crippen LogP contribution in [0.25, 0.3) is 0 Å². The summed E-state index contributed by atoms with van der Waals surface area (Å²) in [4.78, 5) is 15.9. The van der Waals surface area contributed by atoms with Crippen molar-refractivity contribution in [2.24, 2.45) is 0 Å². The molecule has 0 atom stereocenters. The lowest BCUT2D eigenvalue weighted by Crippen LogP contribution is -2.49. The van der Waals surface area contributed by atoms with E-state index in [1.807, 2.05) is 32.5 Å². The molecule has 1 fully saturated rings. The molecular formula is C11H22N2O2S. The highest BCUT2D eigenvalue weighted by Gasteiger charge is 2.25. The van der Waals surface area contributed by atoms with E-state index in [4.69, 9.17) is 4.74 Å². The molecule has 16 heavy (non-hydrogen) atoms. The number of carbonyl (C=O) groups excluding carboxylic acids is 1. The van der Waals surface area contributed by atoms with Crippen LogP contribution in [-0.2, 0) is 4.74 Å². The third-order valence-corrected chi connectivity index (χ3v) is 2.96. The maximum atomic E-state index is 11.8. The van der Waals surface area contributed by atoms with E-state index in [0.29, 0.717) is 0 Å². The maximum absolute atomic E-state index is 11.8. The minimum Gasteiger partial charge on any atom is -0.444 e. The highest BCUT2D eigenvalue weighted by Crippen LogP contribution is 2.12. The quantitative estimate of drug-likeness (QED) is 0.744. The molecular weight excluding hydrogens is 224 g/mol. The van der Waals surface area contributed by atoms with Crippen molar-refractivity contribution in [1.82, 2.24) is 9.80 Å². The second-order valence-electron chi connectivity index (χ2n) is 5.00. The Bertz CT molecular complexity index is 233. The minimum absolute atomic E-state index is 0.184. The Kier molecular flexibility index (Phi) is 4.92. The molecule has 0 bridgehead atoms. The van der Waals surface area contributed by atoms with Crippen LogP contribution >= 0.6 is 11.8 Å². The number of rotatable bonds is 2. The molecule has 0 aromatic heterocycles. The van der Waals surface area contributed by atoms with Gasteiger partial charge in [0.15, 0.2) is 0 Å². The molecule has 1 aliphatic heterocycles. The van der Waals surface area contributed by atoms with E-state index in [2.05, 4.69) is 11.2 Å². The van der Waals surface area contributed by atoms with Gasteiger partial charge in [0, 0.05) is 32.1 Å². The number of thioether (sulfide) groups is 1. The van der Waals surface area contributed by atoms with Gasteiger partial charge in [-0.05, 0) is 27.0 Å². The lowest BCUT2D eigenvalue weighted by Gasteiger charge is -2.35. The molecule has 5 heteroatoms. The molecule has 0 unspecified atom stereocenters. The summed E-state index contributed by atoms with van der Waals surface area (Å²) in [6.45, 7) is 9.13. The summed E-state index contributed by atoms with van der Waals surface area (Å²) in [5.74, 6) is 1.04. The molecule has 0 N–H and O–H groups in total. The number of amides is 1. The molecule has 0 aliphatic carbocycles. The Morgan fingerprint density at radius 3 is 2.25 bits per heavy atom. The van der Waals surface area contributed by atoms with Gasteiger partial charge < -0.3 is 9.64 Å². The molecule has 1 aliphatic rings. The number of carbonyl (C=O) groups is 1. The average Bonchev–Trinajstić information content (AvgIpc) is 2.16. The summed E-state index contributed by atoms with van der Waals surface area (Å²) < 4.78 is 5.34. The summed E-state index contributed by atoms with van der Waals surface area (Å²) in [5.41, 5.74) is -0.395. The van der Waals surface area contributed by atoms with Gasteiger partial charge in [0.05, 0.1) is 0 Å². The Balaban J connectivity index is 2.33. The van der Waals surface area contributed by atoms with E-state index in [9.17, 15) is 4.79 Å². The first-order valence-electron chi connectivity index (χ1n) is 5.61. The average molecular weight is 246 g/mol. The lowest BCUT2D eigenvalue weighted by molar-refractivity contribution is 0.0160. The zero-order valence-electron chi connectivity index (χ0n) is 10.7. The van der Waals surface area contributed by atoms with Gasteiger partial charge in [-0.1, -0.05) is 0 Å². The summed E-state index contributed by atoms with van der Waals surface area (Å²) in [6.07, 6.45) is 1.91. The van der Waals surface area contributed by atoms with Crippen LogP contribution in [0.5, 0.6) is 0 Å². The summed E-state index contributed by atoms with van der Waals surface area (Å²) in [6, 6.07) is 0. The van der Waals surface area contributed by atoms with E-state index in [-0.39, 0.29) is 6.09 Å². The predicted molar refractivity (Wildman–Crippen MR) is 67.8 cm³/mol. The highest BCUT2D eigenvalue weighted by atomic mass is 32.2. The molecule has 1 rings (SSSR count). The number of ether oxygens (including phenoxy) is 1. The minimum atomic E-state index is -0.395. The molecule has 0 spiro atoms. The van der Waals surface area contributed by atoms with Crippen molar-refractivity contribution < 1.29 is 9.53 Å². The molecule has 4 nitrogen and oxygen atoms in total. The second-order valence-corrected chi connectivity index (χ2v) is 5.84. The van der Waals surface area contributed by atoms with Crippen molar-refractivity contribution in [2.45, 2.75) is 26.4 Å². The summed E-state index contributed by atoms with van der Waals surface area (Å²) >= 11 is 1.82. The molecule has 1 amide bonds. The van der Waals surface area contributed by atoms with Crippen molar-refractivity contribution in [1.29, 1.82) is 0 Å². The van der Waals surface area contributed by atoms with Crippen LogP contribution in [0, 0.1) is 0 Å². The first-order chi connectivity index (χ1) is 7.42. The topological polar surface area (TPSA) is 32.8 Å². The molecule has 0 aromatic carbocycles. The monoisotopic (exact) mass is 246 g/mol. The molecule has 0 aromatic rings. The van der Waals surface area contributed by atoms with Gasteiger partial charge in [-0.3, -0.25) is 4.90 Å². The summed E-state index contributed by atoms with van der Waals surface area (Å²) in [7, 11) is 0. The van der Waals surface area contributed by atoms with Crippen LogP contribution in [0.2, 0.25) is 0 Å². The number of nitrogens with zero attached hydrogens (tertiary/aromatic N) is 2. The first kappa shape index (κ1) is 13.6. The fourth-order valence-electron chi connectivity index (χ4n) is 1.57. The highest BCUT2D eigenvalue weighted by molar-refractivity contribution is 7.98. The van der Waals surface area contributed by atoms with Crippen LogP contribution < -0.4 is 0 Å². The molecule has 94 valence electrons. The van der Waals surface area contributed by atoms with Crippen LogP contribution in [-0.4, -0.2) is 59.8 Å². The third-order valence-electron chi connectivity index (χ3n) is 2.34. The fraction of sp³-hybridized carbons (Fsp3) is 0.909. The van der Waals surface area contributed by atoms with E-state index in [1.165, 1.54) is 0 Å². The Labute approximate surface area is 102 Å². The van der Waals surface area contributed by atoms with Gasteiger partial charge in [-0.2, -0.15) is 0 Å². The SMILES string of the molecule is CSCN1CCN(C(=O)OC(C)(C)C)CC1. The van der Waals surface area contributed by atoms with Crippen molar-refractivity contribution in [3.05, 3.63) is 0 Å². The van der Waals surface area contributed by atoms with Crippen LogP contribution in [0.4, 0.5) is 4.79 Å². The van der Waals surface area contributed by atoms with Gasteiger partial charge in [0.1, 0.15) is 5.60 Å². The summed E-state index contributed by atoms with van der Waals surface area (Å²) in [5, 5.41) is 0. The predicted octanol–water partition coefficient (Wildman–Crippen LogP) is 1.86. The Hall–Kier alpha value is -0.420. The van der Waals surface area contributed by atoms with Gasteiger partial charge in [-0.25, -0.2) is 4.79 Å². The van der Waals surface area contributed by atoms with Gasteiger partial charge in [-0.15, -0.1) is 11.8 Å². The number of hydrogen-bond acceptors (Lipinski definition) is 4. The van der Waals surface area contributed by atoms with Crippen molar-refractivity contribution in [3.63, 3.8) is 0 Å². The van der Waals surface area contributed by atoms with Crippen LogP contribution in [0.3, 0.4) is 0 Å². The maximum Gasteiger partial charge on any atom is 0.410 e. The molecule has 0 radical (unpaired) electrons. The zero-order chi connectivity index (χ0) is 12.2. The van der Waals surface area contributed by atoms with Gasteiger partial charge in [0.2, 0.25) is 0 Å².